The van der Waals surface area contributed by atoms with Crippen molar-refractivity contribution in [1.82, 2.24) is 10.6 Å². The smallest absolute Gasteiger partial charge is 0.224 e. The van der Waals surface area contributed by atoms with Crippen LogP contribution >= 0.6 is 0 Å². The van der Waals surface area contributed by atoms with Crippen molar-refractivity contribution in [3.8, 4) is 5.75 Å². The highest BCUT2D eigenvalue weighted by atomic mass is 16.5. The van der Waals surface area contributed by atoms with Crippen LogP contribution in [-0.2, 0) is 11.3 Å². The molecule has 1 aromatic rings. The average molecular weight is 262 g/mol. The molecule has 1 aliphatic heterocycles. The fraction of sp³-hybridized carbons (Fsp3) is 0.533. The molecular weight excluding hydrogens is 240 g/mol. The minimum atomic E-state index is 0.0888. The van der Waals surface area contributed by atoms with Crippen LogP contribution in [0.2, 0.25) is 0 Å². The van der Waals surface area contributed by atoms with E-state index in [4.69, 9.17) is 4.74 Å². The van der Waals surface area contributed by atoms with E-state index in [1.807, 2.05) is 24.3 Å². The maximum absolute atomic E-state index is 12.1. The van der Waals surface area contributed by atoms with E-state index in [0.717, 1.165) is 30.7 Å². The summed E-state index contributed by atoms with van der Waals surface area (Å²) in [6.07, 6.45) is 2.03. The summed E-state index contributed by atoms with van der Waals surface area (Å²) in [7, 11) is 1.65. The Hall–Kier alpha value is -1.55. The Morgan fingerprint density at radius 3 is 2.89 bits per heavy atom. The molecule has 2 rings (SSSR count). The molecular formula is C15H22N2O2. The van der Waals surface area contributed by atoms with Gasteiger partial charge in [0.2, 0.25) is 5.91 Å². The van der Waals surface area contributed by atoms with Gasteiger partial charge in [0.1, 0.15) is 5.75 Å². The van der Waals surface area contributed by atoms with Crippen molar-refractivity contribution in [2.75, 3.05) is 13.7 Å². The molecule has 0 radical (unpaired) electrons. The molecule has 1 amide bonds. The molecule has 19 heavy (non-hydrogen) atoms. The topological polar surface area (TPSA) is 50.4 Å². The number of ether oxygens (including phenoxy) is 1. The first-order valence-electron chi connectivity index (χ1n) is 6.83. The molecule has 1 aromatic carbocycles. The number of nitrogens with one attached hydrogen (secondary N) is 2. The van der Waals surface area contributed by atoms with E-state index < -0.39 is 0 Å². The maximum Gasteiger partial charge on any atom is 0.224 e. The molecule has 0 aliphatic carbocycles. The lowest BCUT2D eigenvalue weighted by Gasteiger charge is -2.26. The lowest BCUT2D eigenvalue weighted by Crippen LogP contribution is -2.43. The highest BCUT2D eigenvalue weighted by Crippen LogP contribution is 2.18. The third-order valence-electron chi connectivity index (χ3n) is 3.68. The first-order valence-corrected chi connectivity index (χ1v) is 6.83. The Balaban J connectivity index is 1.86. The first-order chi connectivity index (χ1) is 9.20. The van der Waals surface area contributed by atoms with Gasteiger partial charge in [-0.25, -0.2) is 0 Å². The van der Waals surface area contributed by atoms with Gasteiger partial charge in [-0.2, -0.15) is 0 Å². The summed E-state index contributed by atoms with van der Waals surface area (Å²) in [4.78, 5) is 12.1. The van der Waals surface area contributed by atoms with Gasteiger partial charge in [-0.1, -0.05) is 18.2 Å². The number of amides is 1. The zero-order valence-corrected chi connectivity index (χ0v) is 11.6. The van der Waals surface area contributed by atoms with Crippen LogP contribution in [0.5, 0.6) is 5.75 Å². The van der Waals surface area contributed by atoms with Crippen LogP contribution in [0.3, 0.4) is 0 Å². The summed E-state index contributed by atoms with van der Waals surface area (Å²) in [5.41, 5.74) is 1.01. The van der Waals surface area contributed by atoms with Gasteiger partial charge in [0.15, 0.2) is 0 Å². The molecule has 0 aromatic heterocycles. The van der Waals surface area contributed by atoms with Crippen LogP contribution in [0, 0.1) is 5.92 Å². The largest absolute Gasteiger partial charge is 0.496 e. The van der Waals surface area contributed by atoms with Crippen molar-refractivity contribution in [3.63, 3.8) is 0 Å². The highest BCUT2D eigenvalue weighted by Gasteiger charge is 2.23. The number of hydrogen-bond acceptors (Lipinski definition) is 3. The number of rotatable bonds is 4. The standard InChI is InChI=1S/C15H22N2O2/c1-11-7-8-13(10-16-11)15(18)17-9-12-5-3-4-6-14(12)19-2/h3-6,11,13,16H,7-10H2,1-2H3,(H,17,18). The average Bonchev–Trinajstić information content (AvgIpc) is 2.45. The van der Waals surface area contributed by atoms with E-state index in [-0.39, 0.29) is 11.8 Å². The van der Waals surface area contributed by atoms with E-state index in [0.29, 0.717) is 12.6 Å². The highest BCUT2D eigenvalue weighted by molar-refractivity contribution is 5.79. The predicted molar refractivity (Wildman–Crippen MR) is 75.0 cm³/mol. The lowest BCUT2D eigenvalue weighted by atomic mass is 9.95. The number of carbonyl (C=O) groups is 1. The Labute approximate surface area is 114 Å². The normalized spacial score (nSPS) is 22.8. The quantitative estimate of drug-likeness (QED) is 0.868. The van der Waals surface area contributed by atoms with Gasteiger partial charge in [0, 0.05) is 24.7 Å². The summed E-state index contributed by atoms with van der Waals surface area (Å²) in [5.74, 6) is 1.04. The van der Waals surface area contributed by atoms with Crippen LogP contribution < -0.4 is 15.4 Å². The van der Waals surface area contributed by atoms with Crippen LogP contribution in [-0.4, -0.2) is 25.6 Å². The molecule has 104 valence electrons. The van der Waals surface area contributed by atoms with Crippen molar-refractivity contribution < 1.29 is 9.53 Å². The summed E-state index contributed by atoms with van der Waals surface area (Å²) in [5, 5.41) is 6.35. The molecule has 1 aliphatic rings. The molecule has 2 N–H and O–H groups in total. The monoisotopic (exact) mass is 262 g/mol. The number of benzene rings is 1. The van der Waals surface area contributed by atoms with Gasteiger partial charge in [-0.15, -0.1) is 0 Å². The molecule has 1 heterocycles. The SMILES string of the molecule is COc1ccccc1CNC(=O)C1CCC(C)NC1. The van der Waals surface area contributed by atoms with Crippen LogP contribution in [0.4, 0.5) is 0 Å². The third-order valence-corrected chi connectivity index (χ3v) is 3.68. The third kappa shape index (κ3) is 3.70. The Bertz CT molecular complexity index is 426. The summed E-state index contributed by atoms with van der Waals surface area (Å²) in [6.45, 7) is 3.46. The van der Waals surface area contributed by atoms with Gasteiger partial charge in [0.25, 0.3) is 0 Å². The van der Waals surface area contributed by atoms with E-state index >= 15 is 0 Å². The van der Waals surface area contributed by atoms with Crippen LogP contribution in [0.1, 0.15) is 25.3 Å². The van der Waals surface area contributed by atoms with Crippen molar-refractivity contribution in [1.29, 1.82) is 0 Å². The van der Waals surface area contributed by atoms with Gasteiger partial charge in [-0.05, 0) is 25.8 Å². The maximum atomic E-state index is 12.1. The summed E-state index contributed by atoms with van der Waals surface area (Å²) < 4.78 is 5.27. The van der Waals surface area contributed by atoms with E-state index in [9.17, 15) is 4.79 Å². The molecule has 0 spiro atoms. The van der Waals surface area contributed by atoms with Gasteiger partial charge in [-0.3, -0.25) is 4.79 Å². The number of methoxy groups -OCH3 is 1. The second kappa shape index (κ2) is 6.57. The molecule has 1 saturated heterocycles. The fourth-order valence-electron chi connectivity index (χ4n) is 2.40. The van der Waals surface area contributed by atoms with E-state index in [2.05, 4.69) is 17.6 Å². The van der Waals surface area contributed by atoms with E-state index in [1.165, 1.54) is 0 Å². The minimum absolute atomic E-state index is 0.0888. The minimum Gasteiger partial charge on any atom is -0.496 e. The van der Waals surface area contributed by atoms with Crippen molar-refractivity contribution >= 4 is 5.91 Å². The Kier molecular flexibility index (Phi) is 4.80. The first kappa shape index (κ1) is 13.9. The van der Waals surface area contributed by atoms with E-state index in [1.54, 1.807) is 7.11 Å². The summed E-state index contributed by atoms with van der Waals surface area (Å²) >= 11 is 0. The molecule has 4 heteroatoms. The summed E-state index contributed by atoms with van der Waals surface area (Å²) in [6, 6.07) is 8.29. The van der Waals surface area contributed by atoms with Gasteiger partial charge >= 0.3 is 0 Å². The fourth-order valence-corrected chi connectivity index (χ4v) is 2.40. The molecule has 1 fully saturated rings. The Morgan fingerprint density at radius 1 is 1.42 bits per heavy atom. The molecule has 0 bridgehead atoms. The van der Waals surface area contributed by atoms with Gasteiger partial charge in [0.05, 0.1) is 13.0 Å². The number of hydrogen-bond donors (Lipinski definition) is 2. The Morgan fingerprint density at radius 2 is 2.21 bits per heavy atom. The molecule has 2 atom stereocenters. The number of piperidine rings is 1. The molecule has 4 nitrogen and oxygen atoms in total. The van der Waals surface area contributed by atoms with Crippen molar-refractivity contribution in [2.45, 2.75) is 32.4 Å². The predicted octanol–water partition coefficient (Wildman–Crippen LogP) is 1.70. The van der Waals surface area contributed by atoms with Crippen molar-refractivity contribution in [3.05, 3.63) is 29.8 Å². The number of carbonyl (C=O) groups excluding carboxylic acids is 1. The second-order valence-corrected chi connectivity index (χ2v) is 5.11. The number of para-hydroxylation sites is 1. The zero-order chi connectivity index (χ0) is 13.7. The second-order valence-electron chi connectivity index (χ2n) is 5.11. The van der Waals surface area contributed by atoms with Crippen LogP contribution in [0.15, 0.2) is 24.3 Å². The molecule has 2 unspecified atom stereocenters. The van der Waals surface area contributed by atoms with Crippen molar-refractivity contribution in [2.24, 2.45) is 5.92 Å². The van der Waals surface area contributed by atoms with Crippen LogP contribution in [0.25, 0.3) is 0 Å². The zero-order valence-electron chi connectivity index (χ0n) is 11.6. The molecule has 0 saturated carbocycles. The van der Waals surface area contributed by atoms with Gasteiger partial charge < -0.3 is 15.4 Å². The lowest BCUT2D eigenvalue weighted by molar-refractivity contribution is -0.125.